The van der Waals surface area contributed by atoms with E-state index in [0.29, 0.717) is 12.1 Å². The summed E-state index contributed by atoms with van der Waals surface area (Å²) >= 11 is 0. The first kappa shape index (κ1) is 16.3. The number of hydrogen-bond acceptors (Lipinski definition) is 2. The third-order valence-corrected chi connectivity index (χ3v) is 4.25. The van der Waals surface area contributed by atoms with Crippen molar-refractivity contribution in [2.75, 3.05) is 5.32 Å². The number of nitrogens with one attached hydrogen (secondary N) is 1. The van der Waals surface area contributed by atoms with Gasteiger partial charge in [-0.25, -0.2) is 0 Å². The molecular formula is C20H22N2O2. The number of carbonyl (C=O) groups is 1. The number of aromatic nitrogens is 1. The lowest BCUT2D eigenvalue weighted by atomic mass is 10.1. The number of fused-ring (bicyclic) bond motifs is 1. The van der Waals surface area contributed by atoms with E-state index in [1.165, 1.54) is 0 Å². The highest BCUT2D eigenvalue weighted by Crippen LogP contribution is 2.24. The molecule has 24 heavy (non-hydrogen) atoms. The third kappa shape index (κ3) is 3.19. The first-order valence-corrected chi connectivity index (χ1v) is 8.23. The third-order valence-electron chi connectivity index (χ3n) is 4.25. The van der Waals surface area contributed by atoms with Gasteiger partial charge in [-0.3, -0.25) is 4.79 Å². The number of anilines is 1. The summed E-state index contributed by atoms with van der Waals surface area (Å²) in [6.07, 6.45) is 1.73. The van der Waals surface area contributed by atoms with E-state index in [0.717, 1.165) is 28.6 Å². The van der Waals surface area contributed by atoms with Crippen LogP contribution in [0.4, 0.5) is 5.69 Å². The molecule has 0 spiro atoms. The number of nitrogens with zero attached hydrogens (tertiary/aromatic N) is 1. The number of aliphatic hydroxyl groups excluding tert-OH is 1. The van der Waals surface area contributed by atoms with Gasteiger partial charge in [-0.2, -0.15) is 0 Å². The molecule has 0 saturated carbocycles. The van der Waals surface area contributed by atoms with Crippen LogP contribution < -0.4 is 5.32 Å². The normalized spacial score (nSPS) is 12.3. The predicted octanol–water partition coefficient (Wildman–Crippen LogP) is 3.90. The molecule has 1 atom stereocenters. The molecule has 1 aromatic heterocycles. The van der Waals surface area contributed by atoms with E-state index >= 15 is 0 Å². The van der Waals surface area contributed by atoms with Crippen molar-refractivity contribution in [2.45, 2.75) is 32.9 Å². The molecule has 0 aliphatic rings. The Morgan fingerprint density at radius 2 is 1.88 bits per heavy atom. The summed E-state index contributed by atoms with van der Waals surface area (Å²) in [5.41, 5.74) is 3.55. The van der Waals surface area contributed by atoms with E-state index in [4.69, 9.17) is 0 Å². The maximum absolute atomic E-state index is 12.5. The standard InChI is InChI=1S/C20H22N2O2/c1-3-22-13-15(17-9-5-7-11-19(17)22)12-20(24)21-18-10-6-4-8-16(18)14(2)23/h4-11,13-14,23H,3,12H2,1-2H3,(H,21,24). The second-order valence-electron chi connectivity index (χ2n) is 5.95. The van der Waals surface area contributed by atoms with E-state index in [-0.39, 0.29) is 5.91 Å². The van der Waals surface area contributed by atoms with Crippen LogP contribution in [0, 0.1) is 0 Å². The van der Waals surface area contributed by atoms with Crippen LogP contribution in [0.2, 0.25) is 0 Å². The van der Waals surface area contributed by atoms with Gasteiger partial charge >= 0.3 is 0 Å². The molecule has 3 rings (SSSR count). The molecule has 0 radical (unpaired) electrons. The number of para-hydroxylation sites is 2. The van der Waals surface area contributed by atoms with Crippen LogP contribution in [0.3, 0.4) is 0 Å². The Balaban J connectivity index is 1.84. The monoisotopic (exact) mass is 322 g/mol. The Morgan fingerprint density at radius 3 is 2.62 bits per heavy atom. The fraction of sp³-hybridized carbons (Fsp3) is 0.250. The van der Waals surface area contributed by atoms with Gasteiger partial charge in [0, 0.05) is 34.9 Å². The molecule has 2 aromatic carbocycles. The van der Waals surface area contributed by atoms with Crippen LogP contribution in [0.15, 0.2) is 54.7 Å². The van der Waals surface area contributed by atoms with Crippen molar-refractivity contribution in [3.05, 3.63) is 65.9 Å². The molecule has 0 fully saturated rings. The number of hydrogen-bond donors (Lipinski definition) is 2. The average molecular weight is 322 g/mol. The van der Waals surface area contributed by atoms with E-state index in [9.17, 15) is 9.90 Å². The highest BCUT2D eigenvalue weighted by atomic mass is 16.3. The summed E-state index contributed by atoms with van der Waals surface area (Å²) < 4.78 is 2.15. The Hall–Kier alpha value is -2.59. The summed E-state index contributed by atoms with van der Waals surface area (Å²) in [6, 6.07) is 15.5. The van der Waals surface area contributed by atoms with Gasteiger partial charge in [0.15, 0.2) is 0 Å². The lowest BCUT2D eigenvalue weighted by molar-refractivity contribution is -0.115. The SMILES string of the molecule is CCn1cc(CC(=O)Nc2ccccc2C(C)O)c2ccccc21. The summed E-state index contributed by atoms with van der Waals surface area (Å²) in [6.45, 7) is 4.65. The lowest BCUT2D eigenvalue weighted by Gasteiger charge is -2.12. The minimum Gasteiger partial charge on any atom is -0.389 e. The van der Waals surface area contributed by atoms with Gasteiger partial charge in [0.1, 0.15) is 0 Å². The minimum atomic E-state index is -0.622. The van der Waals surface area contributed by atoms with Crippen LogP contribution in [-0.2, 0) is 17.8 Å². The van der Waals surface area contributed by atoms with Crippen LogP contribution in [0.25, 0.3) is 10.9 Å². The van der Waals surface area contributed by atoms with E-state index in [2.05, 4.69) is 22.9 Å². The quantitative estimate of drug-likeness (QED) is 0.748. The summed E-state index contributed by atoms with van der Waals surface area (Å²) in [5, 5.41) is 13.9. The Kier molecular flexibility index (Phi) is 4.67. The summed E-state index contributed by atoms with van der Waals surface area (Å²) in [4.78, 5) is 12.5. The van der Waals surface area contributed by atoms with Gasteiger partial charge < -0.3 is 15.0 Å². The van der Waals surface area contributed by atoms with Gasteiger partial charge in [-0.15, -0.1) is 0 Å². The number of amides is 1. The second kappa shape index (κ2) is 6.89. The lowest BCUT2D eigenvalue weighted by Crippen LogP contribution is -2.16. The maximum atomic E-state index is 12.5. The number of aliphatic hydroxyl groups is 1. The fourth-order valence-electron chi connectivity index (χ4n) is 3.07. The van der Waals surface area contributed by atoms with Crippen molar-refractivity contribution in [2.24, 2.45) is 0 Å². The van der Waals surface area contributed by atoms with Crippen molar-refractivity contribution in [3.8, 4) is 0 Å². The van der Waals surface area contributed by atoms with Gasteiger partial charge in [0.2, 0.25) is 5.91 Å². The van der Waals surface area contributed by atoms with E-state index in [1.54, 1.807) is 6.92 Å². The van der Waals surface area contributed by atoms with Crippen molar-refractivity contribution >= 4 is 22.5 Å². The van der Waals surface area contributed by atoms with Crippen LogP contribution in [0.5, 0.6) is 0 Å². The Labute approximate surface area is 141 Å². The molecule has 0 aliphatic heterocycles. The zero-order chi connectivity index (χ0) is 17.1. The zero-order valence-corrected chi connectivity index (χ0v) is 14.0. The molecule has 1 amide bonds. The van der Waals surface area contributed by atoms with Crippen LogP contribution in [-0.4, -0.2) is 15.6 Å². The Morgan fingerprint density at radius 1 is 1.17 bits per heavy atom. The van der Waals surface area contributed by atoms with E-state index < -0.39 is 6.10 Å². The molecular weight excluding hydrogens is 300 g/mol. The summed E-state index contributed by atoms with van der Waals surface area (Å²) in [5.74, 6) is -0.0814. The molecule has 0 saturated heterocycles. The molecule has 1 unspecified atom stereocenters. The first-order valence-electron chi connectivity index (χ1n) is 8.23. The average Bonchev–Trinajstić information content (AvgIpc) is 2.93. The van der Waals surface area contributed by atoms with Gasteiger partial charge in [-0.1, -0.05) is 36.4 Å². The highest BCUT2D eigenvalue weighted by Gasteiger charge is 2.13. The number of rotatable bonds is 5. The zero-order valence-electron chi connectivity index (χ0n) is 14.0. The minimum absolute atomic E-state index is 0.0814. The van der Waals surface area contributed by atoms with Crippen LogP contribution >= 0.6 is 0 Å². The molecule has 4 heteroatoms. The van der Waals surface area contributed by atoms with Crippen molar-refractivity contribution in [1.29, 1.82) is 0 Å². The molecule has 124 valence electrons. The largest absolute Gasteiger partial charge is 0.389 e. The number of aryl methyl sites for hydroxylation is 1. The predicted molar refractivity (Wildman–Crippen MR) is 97.0 cm³/mol. The number of benzene rings is 2. The molecule has 0 aliphatic carbocycles. The topological polar surface area (TPSA) is 54.3 Å². The van der Waals surface area contributed by atoms with E-state index in [1.807, 2.05) is 48.7 Å². The van der Waals surface area contributed by atoms with Crippen molar-refractivity contribution < 1.29 is 9.90 Å². The summed E-state index contributed by atoms with van der Waals surface area (Å²) in [7, 11) is 0. The molecule has 4 nitrogen and oxygen atoms in total. The van der Waals surface area contributed by atoms with Crippen LogP contribution in [0.1, 0.15) is 31.1 Å². The number of carbonyl (C=O) groups excluding carboxylic acids is 1. The first-order chi connectivity index (χ1) is 11.6. The van der Waals surface area contributed by atoms with Gasteiger partial charge in [-0.05, 0) is 31.5 Å². The van der Waals surface area contributed by atoms with Crippen molar-refractivity contribution in [3.63, 3.8) is 0 Å². The fourth-order valence-corrected chi connectivity index (χ4v) is 3.07. The van der Waals surface area contributed by atoms with Gasteiger partial charge in [0.25, 0.3) is 0 Å². The molecule has 3 aromatic rings. The second-order valence-corrected chi connectivity index (χ2v) is 5.95. The molecule has 2 N–H and O–H groups in total. The molecule has 0 bridgehead atoms. The van der Waals surface area contributed by atoms with Crippen molar-refractivity contribution in [1.82, 2.24) is 4.57 Å². The maximum Gasteiger partial charge on any atom is 0.228 e. The Bertz CT molecular complexity index is 865. The smallest absolute Gasteiger partial charge is 0.228 e. The molecule has 1 heterocycles. The highest BCUT2D eigenvalue weighted by molar-refractivity contribution is 5.96. The van der Waals surface area contributed by atoms with Gasteiger partial charge in [0.05, 0.1) is 12.5 Å².